The zero-order valence-electron chi connectivity index (χ0n) is 17.4. The molecule has 168 valence electrons. The Balaban J connectivity index is 2.07. The van der Waals surface area contributed by atoms with Crippen molar-refractivity contribution in [3.8, 4) is 5.75 Å². The first-order valence-electron chi connectivity index (χ1n) is 10.1. The SMILES string of the molecule is COc1cccc(N(C(=O)C(F)(F)F)[C@@H](C(=O)NC2CCCCC2)c2ccc(C)s2)c1. The van der Waals surface area contributed by atoms with Crippen molar-refractivity contribution in [3.63, 3.8) is 0 Å². The Morgan fingerprint density at radius 3 is 2.45 bits per heavy atom. The Hall–Kier alpha value is -2.55. The smallest absolute Gasteiger partial charge is 0.471 e. The summed E-state index contributed by atoms with van der Waals surface area (Å²) in [7, 11) is 1.38. The lowest BCUT2D eigenvalue weighted by molar-refractivity contribution is -0.171. The molecule has 1 aromatic heterocycles. The van der Waals surface area contributed by atoms with Gasteiger partial charge in [-0.2, -0.15) is 13.2 Å². The fraction of sp³-hybridized carbons (Fsp3) is 0.455. The lowest BCUT2D eigenvalue weighted by Gasteiger charge is -2.33. The van der Waals surface area contributed by atoms with Gasteiger partial charge in [0, 0.05) is 27.5 Å². The minimum Gasteiger partial charge on any atom is -0.497 e. The van der Waals surface area contributed by atoms with Crippen LogP contribution < -0.4 is 15.0 Å². The quantitative estimate of drug-likeness (QED) is 0.657. The van der Waals surface area contributed by atoms with Crippen molar-refractivity contribution < 1.29 is 27.5 Å². The molecule has 0 aliphatic heterocycles. The number of nitrogens with zero attached hydrogens (tertiary/aromatic N) is 1. The number of amides is 2. The third-order valence-corrected chi connectivity index (χ3v) is 6.33. The van der Waals surface area contributed by atoms with Crippen molar-refractivity contribution in [1.29, 1.82) is 0 Å². The highest BCUT2D eigenvalue weighted by Gasteiger charge is 2.48. The summed E-state index contributed by atoms with van der Waals surface area (Å²) in [5.41, 5.74) is -0.0588. The number of carbonyl (C=O) groups is 2. The van der Waals surface area contributed by atoms with Gasteiger partial charge in [-0.15, -0.1) is 11.3 Å². The first kappa shape index (κ1) is 23.1. The Morgan fingerprint density at radius 2 is 1.87 bits per heavy atom. The number of methoxy groups -OCH3 is 1. The predicted molar refractivity (Wildman–Crippen MR) is 113 cm³/mol. The van der Waals surface area contributed by atoms with Gasteiger partial charge < -0.3 is 10.1 Å². The summed E-state index contributed by atoms with van der Waals surface area (Å²) in [5.74, 6) is -2.43. The van der Waals surface area contributed by atoms with Crippen LogP contribution in [0.15, 0.2) is 36.4 Å². The Kier molecular flexibility index (Phi) is 7.25. The zero-order chi connectivity index (χ0) is 22.6. The highest BCUT2D eigenvalue weighted by molar-refractivity contribution is 7.12. The van der Waals surface area contributed by atoms with Gasteiger partial charge in [0.05, 0.1) is 7.11 Å². The van der Waals surface area contributed by atoms with E-state index in [-0.39, 0.29) is 17.5 Å². The summed E-state index contributed by atoms with van der Waals surface area (Å²) >= 11 is 1.19. The molecule has 1 saturated carbocycles. The van der Waals surface area contributed by atoms with Crippen molar-refractivity contribution >= 4 is 28.8 Å². The largest absolute Gasteiger partial charge is 0.497 e. The molecular weight excluding hydrogens is 429 g/mol. The van der Waals surface area contributed by atoms with Gasteiger partial charge in [0.25, 0.3) is 0 Å². The highest BCUT2D eigenvalue weighted by Crippen LogP contribution is 2.37. The number of carbonyl (C=O) groups excluding carboxylic acids is 2. The van der Waals surface area contributed by atoms with Gasteiger partial charge in [0.1, 0.15) is 5.75 Å². The molecule has 0 unspecified atom stereocenters. The summed E-state index contributed by atoms with van der Waals surface area (Å²) in [6.07, 6.45) is -0.632. The van der Waals surface area contributed by atoms with Crippen LogP contribution in [-0.2, 0) is 9.59 Å². The summed E-state index contributed by atoms with van der Waals surface area (Å²) in [6.45, 7) is 1.80. The van der Waals surface area contributed by atoms with Gasteiger partial charge >= 0.3 is 12.1 Å². The monoisotopic (exact) mass is 454 g/mol. The standard InChI is InChI=1S/C22H25F3N2O3S/c1-14-11-12-18(31-14)19(20(28)26-15-7-4-3-5-8-15)27(21(29)22(23,24)25)16-9-6-10-17(13-16)30-2/h6,9-13,15,19H,3-5,7-8H2,1-2H3,(H,26,28)/t19-/m1/s1. The molecular formula is C22H25F3N2O3S. The fourth-order valence-electron chi connectivity index (χ4n) is 3.78. The summed E-state index contributed by atoms with van der Waals surface area (Å²) in [6, 6.07) is 7.51. The normalized spacial score (nSPS) is 15.9. The van der Waals surface area contributed by atoms with Crippen LogP contribution in [0.2, 0.25) is 0 Å². The highest BCUT2D eigenvalue weighted by atomic mass is 32.1. The van der Waals surface area contributed by atoms with E-state index >= 15 is 0 Å². The minimum atomic E-state index is -5.15. The van der Waals surface area contributed by atoms with E-state index in [1.54, 1.807) is 25.1 Å². The minimum absolute atomic E-state index is 0.0588. The summed E-state index contributed by atoms with van der Waals surface area (Å²) in [5, 5.41) is 2.89. The molecule has 31 heavy (non-hydrogen) atoms. The second kappa shape index (κ2) is 9.72. The molecule has 0 radical (unpaired) electrons. The number of benzene rings is 1. The van der Waals surface area contributed by atoms with Crippen LogP contribution in [0.5, 0.6) is 5.75 Å². The molecule has 0 bridgehead atoms. The van der Waals surface area contributed by atoms with Gasteiger partial charge in [0.2, 0.25) is 5.91 Å². The third kappa shape index (κ3) is 5.58. The Morgan fingerprint density at radius 1 is 1.16 bits per heavy atom. The number of halogens is 3. The first-order chi connectivity index (χ1) is 14.7. The second-order valence-corrected chi connectivity index (χ2v) is 8.89. The molecule has 1 aromatic carbocycles. The van der Waals surface area contributed by atoms with Gasteiger partial charge in [-0.05, 0) is 44.0 Å². The number of rotatable bonds is 6. The van der Waals surface area contributed by atoms with E-state index in [9.17, 15) is 22.8 Å². The lowest BCUT2D eigenvalue weighted by Crippen LogP contribution is -2.50. The van der Waals surface area contributed by atoms with Crippen LogP contribution in [0.4, 0.5) is 18.9 Å². The van der Waals surface area contributed by atoms with Gasteiger partial charge in [-0.3, -0.25) is 14.5 Å². The summed E-state index contributed by atoms with van der Waals surface area (Å²) in [4.78, 5) is 27.6. The third-order valence-electron chi connectivity index (χ3n) is 5.28. The number of thiophene rings is 1. The van der Waals surface area contributed by atoms with Crippen molar-refractivity contribution in [3.05, 3.63) is 46.2 Å². The van der Waals surface area contributed by atoms with Crippen LogP contribution in [-0.4, -0.2) is 31.1 Å². The maximum atomic E-state index is 13.6. The van der Waals surface area contributed by atoms with Crippen LogP contribution in [0.1, 0.15) is 47.9 Å². The van der Waals surface area contributed by atoms with Crippen LogP contribution in [0, 0.1) is 6.92 Å². The first-order valence-corrected chi connectivity index (χ1v) is 10.9. The molecule has 1 fully saturated rings. The number of alkyl halides is 3. The van der Waals surface area contributed by atoms with E-state index in [4.69, 9.17) is 4.74 Å². The number of aryl methyl sites for hydroxylation is 1. The van der Waals surface area contributed by atoms with E-state index in [0.717, 1.165) is 37.0 Å². The van der Waals surface area contributed by atoms with E-state index < -0.39 is 24.0 Å². The van der Waals surface area contributed by atoms with E-state index in [0.29, 0.717) is 9.78 Å². The predicted octanol–water partition coefficient (Wildman–Crippen LogP) is 5.15. The zero-order valence-corrected chi connectivity index (χ0v) is 18.2. The van der Waals surface area contributed by atoms with Crippen molar-refractivity contribution in [2.24, 2.45) is 0 Å². The van der Waals surface area contributed by atoms with Gasteiger partial charge in [0.15, 0.2) is 6.04 Å². The molecule has 1 heterocycles. The number of anilines is 1. The molecule has 0 spiro atoms. The molecule has 9 heteroatoms. The molecule has 1 aliphatic rings. The molecule has 2 aromatic rings. The average Bonchev–Trinajstić information content (AvgIpc) is 3.17. The molecule has 1 aliphatic carbocycles. The van der Waals surface area contributed by atoms with E-state index in [2.05, 4.69) is 5.32 Å². The molecule has 0 saturated heterocycles. The number of hydrogen-bond donors (Lipinski definition) is 1. The topological polar surface area (TPSA) is 58.6 Å². The molecule has 1 atom stereocenters. The maximum Gasteiger partial charge on any atom is 0.471 e. The van der Waals surface area contributed by atoms with Crippen LogP contribution in [0.25, 0.3) is 0 Å². The Bertz CT molecular complexity index is 923. The number of hydrogen-bond acceptors (Lipinski definition) is 4. The average molecular weight is 455 g/mol. The van der Waals surface area contributed by atoms with Gasteiger partial charge in [-0.1, -0.05) is 25.3 Å². The number of nitrogens with one attached hydrogen (secondary N) is 1. The molecule has 1 N–H and O–H groups in total. The van der Waals surface area contributed by atoms with Crippen molar-refractivity contribution in [2.75, 3.05) is 12.0 Å². The van der Waals surface area contributed by atoms with E-state index in [1.807, 2.05) is 0 Å². The maximum absolute atomic E-state index is 13.6. The van der Waals surface area contributed by atoms with Crippen LogP contribution in [0.3, 0.4) is 0 Å². The number of ether oxygens (including phenoxy) is 1. The van der Waals surface area contributed by atoms with Gasteiger partial charge in [-0.25, -0.2) is 0 Å². The molecule has 2 amide bonds. The fourth-order valence-corrected chi connectivity index (χ4v) is 4.75. The van der Waals surface area contributed by atoms with Crippen molar-refractivity contribution in [2.45, 2.75) is 57.3 Å². The molecule has 5 nitrogen and oxygen atoms in total. The molecule has 3 rings (SSSR count). The van der Waals surface area contributed by atoms with Crippen LogP contribution >= 0.6 is 11.3 Å². The summed E-state index contributed by atoms with van der Waals surface area (Å²) < 4.78 is 46.0. The van der Waals surface area contributed by atoms with E-state index in [1.165, 1.54) is 36.6 Å². The lowest BCUT2D eigenvalue weighted by atomic mass is 9.95. The van der Waals surface area contributed by atoms with Crippen molar-refractivity contribution in [1.82, 2.24) is 5.32 Å². The second-order valence-electron chi connectivity index (χ2n) is 7.57. The Labute approximate surface area is 183 Å².